The van der Waals surface area contributed by atoms with Crippen LogP contribution in [-0.4, -0.2) is 53.3 Å². The van der Waals surface area contributed by atoms with Crippen LogP contribution in [0.4, 0.5) is 17.6 Å². The molecule has 3 rings (SSSR count). The topological polar surface area (TPSA) is 70.3 Å². The highest BCUT2D eigenvalue weighted by Crippen LogP contribution is 2.19. The van der Waals surface area contributed by atoms with Crippen molar-refractivity contribution in [3.63, 3.8) is 0 Å². The van der Waals surface area contributed by atoms with Crippen molar-refractivity contribution in [3.8, 4) is 0 Å². The van der Waals surface area contributed by atoms with Crippen molar-refractivity contribution in [1.29, 1.82) is 0 Å². The van der Waals surface area contributed by atoms with Crippen molar-refractivity contribution < 1.29 is 4.52 Å². The Bertz CT molecular complexity index is 618. The number of nitrogens with zero attached hydrogens (tertiary/aromatic N) is 5. The monoisotopic (exact) mass is 288 g/mol. The Morgan fingerprint density at radius 3 is 2.52 bits per heavy atom. The molecule has 0 spiro atoms. The maximum Gasteiger partial charge on any atom is 0.230 e. The zero-order chi connectivity index (χ0) is 14.8. The van der Waals surface area contributed by atoms with E-state index >= 15 is 0 Å². The van der Waals surface area contributed by atoms with Gasteiger partial charge in [0, 0.05) is 44.0 Å². The molecule has 21 heavy (non-hydrogen) atoms. The third-order valence-corrected chi connectivity index (χ3v) is 3.54. The highest BCUT2D eigenvalue weighted by atomic mass is 16.5. The van der Waals surface area contributed by atoms with Crippen molar-refractivity contribution in [1.82, 2.24) is 20.0 Å². The Kier molecular flexibility index (Phi) is 3.74. The fourth-order valence-electron chi connectivity index (χ4n) is 2.35. The molecule has 0 atom stereocenters. The smallest absolute Gasteiger partial charge is 0.230 e. The Morgan fingerprint density at radius 1 is 1.10 bits per heavy atom. The van der Waals surface area contributed by atoms with Crippen LogP contribution in [-0.2, 0) is 0 Å². The molecule has 1 N–H and O–H groups in total. The first kappa shape index (κ1) is 13.8. The van der Waals surface area contributed by atoms with Crippen LogP contribution in [0.15, 0.2) is 16.7 Å². The van der Waals surface area contributed by atoms with Gasteiger partial charge in [0.2, 0.25) is 5.95 Å². The van der Waals surface area contributed by atoms with Gasteiger partial charge in [0.25, 0.3) is 0 Å². The van der Waals surface area contributed by atoms with Crippen molar-refractivity contribution in [2.24, 2.45) is 0 Å². The van der Waals surface area contributed by atoms with Crippen molar-refractivity contribution in [2.45, 2.75) is 13.8 Å². The van der Waals surface area contributed by atoms with Crippen molar-refractivity contribution in [3.05, 3.63) is 23.6 Å². The van der Waals surface area contributed by atoms with Crippen LogP contribution in [0.3, 0.4) is 0 Å². The minimum atomic E-state index is 0.553. The zero-order valence-electron chi connectivity index (χ0n) is 12.6. The minimum Gasteiger partial charge on any atom is -0.360 e. The van der Waals surface area contributed by atoms with E-state index in [0.717, 1.165) is 43.5 Å². The van der Waals surface area contributed by atoms with E-state index in [1.54, 1.807) is 0 Å². The number of hydrogen-bond donors (Lipinski definition) is 1. The molecule has 2 aromatic rings. The molecule has 1 aliphatic heterocycles. The third kappa shape index (κ3) is 3.30. The molecule has 7 heteroatoms. The normalized spacial score (nSPS) is 16.2. The number of nitrogens with one attached hydrogen (secondary N) is 1. The minimum absolute atomic E-state index is 0.553. The van der Waals surface area contributed by atoms with Crippen LogP contribution < -0.4 is 10.2 Å². The van der Waals surface area contributed by atoms with Crippen LogP contribution in [0, 0.1) is 13.8 Å². The average molecular weight is 288 g/mol. The highest BCUT2D eigenvalue weighted by Gasteiger charge is 2.16. The standard InChI is InChI=1S/C14H20N6O/c1-10-8-13(20-6-4-19(3)5-7-20)17-14(15-10)16-12-9-11(2)21-18-12/h8-9H,4-7H2,1-3H3,(H,15,16,17,18). The van der Waals surface area contributed by atoms with Gasteiger partial charge >= 0.3 is 0 Å². The first-order chi connectivity index (χ1) is 10.1. The second kappa shape index (κ2) is 5.69. The maximum atomic E-state index is 5.04. The predicted molar refractivity (Wildman–Crippen MR) is 81.0 cm³/mol. The van der Waals surface area contributed by atoms with Gasteiger partial charge < -0.3 is 19.6 Å². The van der Waals surface area contributed by atoms with Crippen LogP contribution in [0.1, 0.15) is 11.5 Å². The first-order valence-corrected chi connectivity index (χ1v) is 7.10. The summed E-state index contributed by atoms with van der Waals surface area (Å²) in [4.78, 5) is 13.6. The summed E-state index contributed by atoms with van der Waals surface area (Å²) >= 11 is 0. The second-order valence-corrected chi connectivity index (χ2v) is 5.43. The molecule has 2 aromatic heterocycles. The lowest BCUT2D eigenvalue weighted by Gasteiger charge is -2.33. The lowest BCUT2D eigenvalue weighted by Crippen LogP contribution is -2.44. The molecule has 0 bridgehead atoms. The van der Waals surface area contributed by atoms with Crippen LogP contribution in [0.2, 0.25) is 0 Å². The molecule has 1 aliphatic rings. The van der Waals surface area contributed by atoms with Gasteiger partial charge in [-0.2, -0.15) is 4.98 Å². The Balaban J connectivity index is 1.79. The molecule has 0 aromatic carbocycles. The molecule has 3 heterocycles. The molecular formula is C14H20N6O. The van der Waals surface area contributed by atoms with Gasteiger partial charge in [0.1, 0.15) is 11.6 Å². The number of hydrogen-bond acceptors (Lipinski definition) is 7. The van der Waals surface area contributed by atoms with Crippen LogP contribution in [0.5, 0.6) is 0 Å². The zero-order valence-corrected chi connectivity index (χ0v) is 12.6. The number of rotatable bonds is 3. The molecule has 0 radical (unpaired) electrons. The summed E-state index contributed by atoms with van der Waals surface area (Å²) in [5.74, 6) is 2.89. The van der Waals surface area contributed by atoms with Gasteiger partial charge in [-0.15, -0.1) is 0 Å². The Labute approximate surface area is 124 Å². The van der Waals surface area contributed by atoms with Gasteiger partial charge in [-0.1, -0.05) is 5.16 Å². The highest BCUT2D eigenvalue weighted by molar-refractivity contribution is 5.52. The second-order valence-electron chi connectivity index (χ2n) is 5.43. The Morgan fingerprint density at radius 2 is 1.86 bits per heavy atom. The molecule has 0 aliphatic carbocycles. The summed E-state index contributed by atoms with van der Waals surface area (Å²) < 4.78 is 5.04. The fraction of sp³-hybridized carbons (Fsp3) is 0.500. The number of aromatic nitrogens is 3. The molecule has 0 amide bonds. The van der Waals surface area contributed by atoms with Gasteiger partial charge in [-0.05, 0) is 20.9 Å². The largest absolute Gasteiger partial charge is 0.360 e. The number of aryl methyl sites for hydroxylation is 2. The van der Waals surface area contributed by atoms with Gasteiger partial charge in [-0.3, -0.25) is 0 Å². The lowest BCUT2D eigenvalue weighted by molar-refractivity contribution is 0.312. The number of anilines is 3. The summed E-state index contributed by atoms with van der Waals surface area (Å²) in [5.41, 5.74) is 0.932. The lowest BCUT2D eigenvalue weighted by atomic mass is 10.3. The van der Waals surface area contributed by atoms with E-state index in [1.807, 2.05) is 26.0 Å². The molecule has 1 saturated heterocycles. The van der Waals surface area contributed by atoms with E-state index in [0.29, 0.717) is 11.8 Å². The summed E-state index contributed by atoms with van der Waals surface area (Å²) in [5, 5.41) is 7.00. The van der Waals surface area contributed by atoms with E-state index in [2.05, 4.69) is 37.3 Å². The first-order valence-electron chi connectivity index (χ1n) is 7.10. The molecule has 112 valence electrons. The maximum absolute atomic E-state index is 5.04. The van der Waals surface area contributed by atoms with Crippen LogP contribution in [0.25, 0.3) is 0 Å². The number of likely N-dealkylation sites (N-methyl/N-ethyl adjacent to an activating group) is 1. The summed E-state index contributed by atoms with van der Waals surface area (Å²) in [7, 11) is 2.14. The number of piperazine rings is 1. The fourth-order valence-corrected chi connectivity index (χ4v) is 2.35. The van der Waals surface area contributed by atoms with Gasteiger partial charge in [0.15, 0.2) is 5.82 Å². The molecule has 0 unspecified atom stereocenters. The quantitative estimate of drug-likeness (QED) is 0.919. The van der Waals surface area contributed by atoms with Crippen LogP contribution >= 0.6 is 0 Å². The SMILES string of the molecule is Cc1cc(N2CCN(C)CC2)nc(Nc2cc(C)on2)n1. The Hall–Kier alpha value is -2.15. The third-order valence-electron chi connectivity index (χ3n) is 3.54. The molecule has 0 saturated carbocycles. The van der Waals surface area contributed by atoms with Crippen molar-refractivity contribution >= 4 is 17.6 Å². The average Bonchev–Trinajstić information content (AvgIpc) is 2.84. The molecular weight excluding hydrogens is 268 g/mol. The van der Waals surface area contributed by atoms with E-state index in [9.17, 15) is 0 Å². The van der Waals surface area contributed by atoms with Gasteiger partial charge in [0.05, 0.1) is 0 Å². The van der Waals surface area contributed by atoms with E-state index in [1.165, 1.54) is 0 Å². The van der Waals surface area contributed by atoms with E-state index < -0.39 is 0 Å². The summed E-state index contributed by atoms with van der Waals surface area (Å²) in [6.07, 6.45) is 0. The molecule has 1 fully saturated rings. The molecule has 7 nitrogen and oxygen atoms in total. The van der Waals surface area contributed by atoms with Crippen molar-refractivity contribution in [2.75, 3.05) is 43.4 Å². The van der Waals surface area contributed by atoms with E-state index in [4.69, 9.17) is 4.52 Å². The van der Waals surface area contributed by atoms with E-state index in [-0.39, 0.29) is 0 Å². The van der Waals surface area contributed by atoms with Gasteiger partial charge in [-0.25, -0.2) is 4.98 Å². The summed E-state index contributed by atoms with van der Waals surface area (Å²) in [6, 6.07) is 3.84. The summed E-state index contributed by atoms with van der Waals surface area (Å²) in [6.45, 7) is 7.89. The predicted octanol–water partition coefficient (Wildman–Crippen LogP) is 1.58.